The molecule has 4 N–H and O–H groups in total. The van der Waals surface area contributed by atoms with E-state index < -0.39 is 0 Å². The van der Waals surface area contributed by atoms with Crippen LogP contribution in [-0.2, 0) is 4.74 Å². The fourth-order valence-corrected chi connectivity index (χ4v) is 0.800. The van der Waals surface area contributed by atoms with Crippen LogP contribution in [0.2, 0.25) is 0 Å². The molecular weight excluding hydrogens is 136 g/mol. The highest BCUT2D eigenvalue weighted by Gasteiger charge is 1.93. The van der Waals surface area contributed by atoms with Crippen LogP contribution in [0.25, 0.3) is 0 Å². The highest BCUT2D eigenvalue weighted by molar-refractivity contribution is 8.13. The van der Waals surface area contributed by atoms with Gasteiger partial charge in [0, 0.05) is 12.4 Å². The van der Waals surface area contributed by atoms with Crippen LogP contribution in [0.15, 0.2) is 0 Å². The van der Waals surface area contributed by atoms with E-state index in [9.17, 15) is 0 Å². The molecule has 0 spiro atoms. The molecule has 0 saturated carbocycles. The lowest BCUT2D eigenvalue weighted by molar-refractivity contribution is -0.110. The van der Waals surface area contributed by atoms with E-state index in [1.807, 2.05) is 6.92 Å². The van der Waals surface area contributed by atoms with E-state index in [1.54, 1.807) is 0 Å². The van der Waals surface area contributed by atoms with Crippen molar-refractivity contribution in [2.24, 2.45) is 5.73 Å². The van der Waals surface area contributed by atoms with E-state index in [4.69, 9.17) is 15.9 Å². The zero-order chi connectivity index (χ0) is 7.11. The smallest absolute Gasteiger partial charge is 0.299 e. The zero-order valence-corrected chi connectivity index (χ0v) is 6.41. The minimum absolute atomic E-state index is 0.412. The standard InChI is InChI=1S/C5H12N2OS/c1-2-8-3-4-9-5(6)7/h2-4H2,1H3,(H3,6,7)/p+1. The van der Waals surface area contributed by atoms with Crippen LogP contribution in [0.3, 0.4) is 0 Å². The van der Waals surface area contributed by atoms with Gasteiger partial charge in [0.05, 0.1) is 6.61 Å². The van der Waals surface area contributed by atoms with E-state index in [2.05, 4.69) is 0 Å². The molecule has 0 aliphatic heterocycles. The monoisotopic (exact) mass is 149 g/mol. The second-order valence-corrected chi connectivity index (χ2v) is 2.62. The number of amidine groups is 1. The molecule has 0 saturated heterocycles. The summed E-state index contributed by atoms with van der Waals surface area (Å²) in [5.74, 6) is 0.843. The molecule has 0 aliphatic carbocycles. The summed E-state index contributed by atoms with van der Waals surface area (Å²) in [6, 6.07) is 0. The molecule has 0 fully saturated rings. The SMILES string of the molecule is CCOCCSC(N)=[NH2+]. The van der Waals surface area contributed by atoms with Crippen molar-refractivity contribution in [3.63, 3.8) is 0 Å². The maximum Gasteiger partial charge on any atom is 0.299 e. The maximum absolute atomic E-state index is 5.18. The van der Waals surface area contributed by atoms with Crippen molar-refractivity contribution >= 4 is 16.9 Å². The van der Waals surface area contributed by atoms with Crippen molar-refractivity contribution < 1.29 is 10.1 Å². The molecule has 3 nitrogen and oxygen atoms in total. The lowest BCUT2D eigenvalue weighted by Crippen LogP contribution is -2.43. The van der Waals surface area contributed by atoms with Gasteiger partial charge in [0.1, 0.15) is 0 Å². The lowest BCUT2D eigenvalue weighted by atomic mass is 10.8. The van der Waals surface area contributed by atoms with Gasteiger partial charge in [-0.15, -0.1) is 0 Å². The van der Waals surface area contributed by atoms with Crippen molar-refractivity contribution in [2.45, 2.75) is 6.92 Å². The highest BCUT2D eigenvalue weighted by atomic mass is 32.2. The molecule has 9 heavy (non-hydrogen) atoms. The van der Waals surface area contributed by atoms with Crippen LogP contribution in [0.4, 0.5) is 0 Å². The Morgan fingerprint density at radius 1 is 1.78 bits per heavy atom. The Balaban J connectivity index is 2.83. The second-order valence-electron chi connectivity index (χ2n) is 1.45. The summed E-state index contributed by atoms with van der Waals surface area (Å²) >= 11 is 1.42. The Bertz CT molecular complexity index is 87.0. The normalized spacial score (nSPS) is 9.44. The summed E-state index contributed by atoms with van der Waals surface area (Å²) in [6.45, 7) is 3.43. The van der Waals surface area contributed by atoms with Crippen LogP contribution < -0.4 is 11.1 Å². The average Bonchev–Trinajstić information content (AvgIpc) is 1.80. The predicted molar refractivity (Wildman–Crippen MR) is 40.1 cm³/mol. The highest BCUT2D eigenvalue weighted by Crippen LogP contribution is 1.93. The minimum Gasteiger partial charge on any atom is -0.381 e. The Kier molecular flexibility index (Phi) is 5.76. The van der Waals surface area contributed by atoms with Crippen molar-refractivity contribution in [1.82, 2.24) is 0 Å². The molecule has 0 radical (unpaired) electrons. The third-order valence-electron chi connectivity index (χ3n) is 0.701. The molecule has 0 amide bonds. The fraction of sp³-hybridized carbons (Fsp3) is 0.800. The molecular formula is C5H13N2OS+. The molecule has 0 aromatic rings. The third kappa shape index (κ3) is 7.78. The van der Waals surface area contributed by atoms with Crippen molar-refractivity contribution in [3.05, 3.63) is 0 Å². The molecule has 54 valence electrons. The van der Waals surface area contributed by atoms with E-state index in [0.29, 0.717) is 5.17 Å². The van der Waals surface area contributed by atoms with E-state index in [1.165, 1.54) is 11.8 Å². The number of thioether (sulfide) groups is 1. The summed E-state index contributed by atoms with van der Waals surface area (Å²) in [4.78, 5) is 0. The Morgan fingerprint density at radius 3 is 2.89 bits per heavy atom. The second kappa shape index (κ2) is 5.91. The van der Waals surface area contributed by atoms with Crippen LogP contribution in [0.1, 0.15) is 6.92 Å². The van der Waals surface area contributed by atoms with E-state index >= 15 is 0 Å². The number of ether oxygens (including phenoxy) is 1. The minimum atomic E-state index is 0.412. The van der Waals surface area contributed by atoms with Gasteiger partial charge in [-0.1, -0.05) is 0 Å². The molecule has 0 aromatic carbocycles. The Morgan fingerprint density at radius 2 is 2.44 bits per heavy atom. The molecule has 0 aliphatic rings. The van der Waals surface area contributed by atoms with Gasteiger partial charge < -0.3 is 4.74 Å². The number of hydrogen-bond donors (Lipinski definition) is 2. The predicted octanol–water partition coefficient (Wildman–Crippen LogP) is -1.17. The van der Waals surface area contributed by atoms with Crippen molar-refractivity contribution in [2.75, 3.05) is 19.0 Å². The number of rotatable bonds is 4. The quantitative estimate of drug-likeness (QED) is 0.301. The summed E-state index contributed by atoms with van der Waals surface area (Å²) in [5.41, 5.74) is 5.18. The molecule has 0 atom stereocenters. The van der Waals surface area contributed by atoms with Crippen molar-refractivity contribution in [3.8, 4) is 0 Å². The summed E-state index contributed by atoms with van der Waals surface area (Å²) in [5, 5.41) is 5.59. The molecule has 0 heterocycles. The topological polar surface area (TPSA) is 60.8 Å². The third-order valence-corrected chi connectivity index (χ3v) is 1.40. The van der Waals surface area contributed by atoms with Gasteiger partial charge in [0.25, 0.3) is 5.17 Å². The van der Waals surface area contributed by atoms with Gasteiger partial charge in [-0.2, -0.15) is 0 Å². The van der Waals surface area contributed by atoms with Gasteiger partial charge in [0.15, 0.2) is 0 Å². The van der Waals surface area contributed by atoms with Gasteiger partial charge in [0.2, 0.25) is 0 Å². The van der Waals surface area contributed by atoms with Gasteiger partial charge in [-0.05, 0) is 18.7 Å². The first kappa shape index (κ1) is 8.78. The molecule has 0 bridgehead atoms. The molecule has 0 aromatic heterocycles. The molecule has 0 rings (SSSR count). The van der Waals surface area contributed by atoms with E-state index in [0.717, 1.165) is 19.0 Å². The summed E-state index contributed by atoms with van der Waals surface area (Å²) < 4.78 is 5.04. The lowest BCUT2D eigenvalue weighted by Gasteiger charge is -1.95. The average molecular weight is 149 g/mol. The van der Waals surface area contributed by atoms with Crippen LogP contribution in [0, 0.1) is 0 Å². The summed E-state index contributed by atoms with van der Waals surface area (Å²) in [7, 11) is 0. The van der Waals surface area contributed by atoms with E-state index in [-0.39, 0.29) is 0 Å². The largest absolute Gasteiger partial charge is 0.381 e. The van der Waals surface area contributed by atoms with Gasteiger partial charge >= 0.3 is 0 Å². The van der Waals surface area contributed by atoms with Crippen molar-refractivity contribution in [1.29, 1.82) is 0 Å². The molecule has 0 unspecified atom stereocenters. The zero-order valence-electron chi connectivity index (χ0n) is 5.59. The van der Waals surface area contributed by atoms with Crippen LogP contribution in [0.5, 0.6) is 0 Å². The first-order valence-electron chi connectivity index (χ1n) is 2.85. The fourth-order valence-electron chi connectivity index (χ4n) is 0.363. The number of hydrogen-bond acceptors (Lipinski definition) is 2. The van der Waals surface area contributed by atoms with Crippen LogP contribution >= 0.6 is 11.8 Å². The maximum atomic E-state index is 5.18. The Labute approximate surface area is 59.5 Å². The first-order valence-corrected chi connectivity index (χ1v) is 3.84. The van der Waals surface area contributed by atoms with Gasteiger partial charge in [-0.25, -0.2) is 0 Å². The Hall–Kier alpha value is -0.220. The van der Waals surface area contributed by atoms with Crippen LogP contribution in [-0.4, -0.2) is 24.1 Å². The first-order chi connectivity index (χ1) is 4.27. The van der Waals surface area contributed by atoms with Gasteiger partial charge in [-0.3, -0.25) is 11.1 Å². The summed E-state index contributed by atoms with van der Waals surface area (Å²) in [6.07, 6.45) is 0. The number of nitrogens with two attached hydrogens (primary N) is 2. The molecule has 4 heteroatoms.